The van der Waals surface area contributed by atoms with Crippen LogP contribution in [0.15, 0.2) is 24.4 Å². The summed E-state index contributed by atoms with van der Waals surface area (Å²) >= 11 is 0. The molecule has 0 bridgehead atoms. The molecule has 0 radical (unpaired) electrons. The van der Waals surface area contributed by atoms with E-state index in [2.05, 4.69) is 15.4 Å². The highest BCUT2D eigenvalue weighted by Crippen LogP contribution is 2.18. The molecular weight excluding hydrogens is 304 g/mol. The Balaban J connectivity index is 1.61. The minimum Gasteiger partial charge on any atom is -0.384 e. The summed E-state index contributed by atoms with van der Waals surface area (Å²) in [6.07, 6.45) is 4.66. The first-order valence-corrected chi connectivity index (χ1v) is 8.31. The van der Waals surface area contributed by atoms with E-state index >= 15 is 0 Å². The zero-order valence-electron chi connectivity index (χ0n) is 14.2. The Kier molecular flexibility index (Phi) is 4.69. The van der Waals surface area contributed by atoms with Gasteiger partial charge in [-0.15, -0.1) is 0 Å². The second-order valence-electron chi connectivity index (χ2n) is 6.33. The van der Waals surface area contributed by atoms with E-state index in [1.54, 1.807) is 16.9 Å². The highest BCUT2D eigenvalue weighted by atomic mass is 16.2. The zero-order chi connectivity index (χ0) is 17.1. The van der Waals surface area contributed by atoms with Crippen molar-refractivity contribution in [1.29, 1.82) is 0 Å². The van der Waals surface area contributed by atoms with Crippen molar-refractivity contribution in [2.24, 2.45) is 7.05 Å². The van der Waals surface area contributed by atoms with E-state index in [9.17, 15) is 4.79 Å². The molecule has 7 nitrogen and oxygen atoms in total. The standard InChI is InChI=1S/C17H24N6O/c1-12-10-15(22(2)21-12)17(24)23-8-3-4-13(7-9-23)20-14-5-6-16(18)19-11-14/h5-6,10-11,13,20H,3-4,7-9H2,1-2H3,(H2,18,19). The molecule has 0 spiro atoms. The van der Waals surface area contributed by atoms with Crippen LogP contribution < -0.4 is 11.1 Å². The van der Waals surface area contributed by atoms with Gasteiger partial charge in [-0.1, -0.05) is 0 Å². The monoisotopic (exact) mass is 328 g/mol. The Morgan fingerprint density at radius 3 is 2.83 bits per heavy atom. The van der Waals surface area contributed by atoms with Crippen LogP contribution in [0.2, 0.25) is 0 Å². The number of carbonyl (C=O) groups excluding carboxylic acids is 1. The van der Waals surface area contributed by atoms with Crippen molar-refractivity contribution in [2.75, 3.05) is 24.1 Å². The average Bonchev–Trinajstić information content (AvgIpc) is 2.75. The Morgan fingerprint density at radius 2 is 2.17 bits per heavy atom. The van der Waals surface area contributed by atoms with Crippen molar-refractivity contribution in [1.82, 2.24) is 19.7 Å². The molecule has 1 saturated heterocycles. The molecule has 1 amide bonds. The molecule has 2 aromatic rings. The fourth-order valence-electron chi connectivity index (χ4n) is 3.14. The van der Waals surface area contributed by atoms with E-state index in [4.69, 9.17) is 5.73 Å². The Hall–Kier alpha value is -2.57. The lowest BCUT2D eigenvalue weighted by molar-refractivity contribution is 0.0750. The van der Waals surface area contributed by atoms with Crippen LogP contribution >= 0.6 is 0 Å². The molecule has 1 fully saturated rings. The van der Waals surface area contributed by atoms with Gasteiger partial charge in [-0.25, -0.2) is 4.98 Å². The van der Waals surface area contributed by atoms with Crippen molar-refractivity contribution in [3.05, 3.63) is 35.8 Å². The summed E-state index contributed by atoms with van der Waals surface area (Å²) in [6, 6.07) is 5.92. The van der Waals surface area contributed by atoms with Crippen LogP contribution in [0.25, 0.3) is 0 Å². The van der Waals surface area contributed by atoms with Gasteiger partial charge in [-0.2, -0.15) is 5.10 Å². The maximum absolute atomic E-state index is 12.7. The summed E-state index contributed by atoms with van der Waals surface area (Å²) in [4.78, 5) is 18.7. The second kappa shape index (κ2) is 6.90. The number of pyridine rings is 1. The third kappa shape index (κ3) is 3.67. The van der Waals surface area contributed by atoms with Crippen molar-refractivity contribution in [3.8, 4) is 0 Å². The summed E-state index contributed by atoms with van der Waals surface area (Å²) in [6.45, 7) is 3.42. The third-order valence-corrected chi connectivity index (χ3v) is 4.39. The molecule has 1 atom stereocenters. The number of rotatable bonds is 3. The largest absolute Gasteiger partial charge is 0.384 e. The Labute approximate surface area is 141 Å². The molecule has 128 valence electrons. The van der Waals surface area contributed by atoms with E-state index in [-0.39, 0.29) is 5.91 Å². The SMILES string of the molecule is Cc1cc(C(=O)N2CCCC(Nc3ccc(N)nc3)CC2)n(C)n1. The van der Waals surface area contributed by atoms with Gasteiger partial charge in [0.2, 0.25) is 0 Å². The molecular formula is C17H24N6O. The fraction of sp³-hybridized carbons (Fsp3) is 0.471. The maximum atomic E-state index is 12.7. The third-order valence-electron chi connectivity index (χ3n) is 4.39. The van der Waals surface area contributed by atoms with E-state index in [1.807, 2.05) is 31.0 Å². The fourth-order valence-corrected chi connectivity index (χ4v) is 3.14. The number of nitrogens with one attached hydrogen (secondary N) is 1. The van der Waals surface area contributed by atoms with Gasteiger partial charge in [0.25, 0.3) is 5.91 Å². The Morgan fingerprint density at radius 1 is 1.33 bits per heavy atom. The Bertz CT molecular complexity index is 708. The van der Waals surface area contributed by atoms with Crippen molar-refractivity contribution >= 4 is 17.4 Å². The molecule has 1 aliphatic rings. The van der Waals surface area contributed by atoms with Gasteiger partial charge in [0.1, 0.15) is 11.5 Å². The van der Waals surface area contributed by atoms with Gasteiger partial charge < -0.3 is 16.0 Å². The summed E-state index contributed by atoms with van der Waals surface area (Å²) in [7, 11) is 1.82. The van der Waals surface area contributed by atoms with Crippen molar-refractivity contribution in [3.63, 3.8) is 0 Å². The van der Waals surface area contributed by atoms with Gasteiger partial charge in [0.05, 0.1) is 17.6 Å². The molecule has 3 N–H and O–H groups in total. The number of hydrogen-bond donors (Lipinski definition) is 2. The summed E-state index contributed by atoms with van der Waals surface area (Å²) in [5, 5.41) is 7.76. The lowest BCUT2D eigenvalue weighted by Gasteiger charge is -2.21. The average molecular weight is 328 g/mol. The van der Waals surface area contributed by atoms with E-state index in [0.29, 0.717) is 17.6 Å². The van der Waals surface area contributed by atoms with Crippen LogP contribution in [0.1, 0.15) is 35.4 Å². The summed E-state index contributed by atoms with van der Waals surface area (Å²) in [5.74, 6) is 0.581. The summed E-state index contributed by atoms with van der Waals surface area (Å²) in [5.41, 5.74) is 8.11. The van der Waals surface area contributed by atoms with E-state index in [0.717, 1.165) is 43.7 Å². The molecule has 0 aliphatic carbocycles. The molecule has 1 aliphatic heterocycles. The number of nitrogens with zero attached hydrogens (tertiary/aromatic N) is 4. The molecule has 3 heterocycles. The number of carbonyl (C=O) groups is 1. The molecule has 1 unspecified atom stereocenters. The first kappa shape index (κ1) is 16.3. The van der Waals surface area contributed by atoms with Gasteiger partial charge in [-0.3, -0.25) is 9.48 Å². The van der Waals surface area contributed by atoms with Crippen LogP contribution in [-0.2, 0) is 7.05 Å². The molecule has 3 rings (SSSR count). The van der Waals surface area contributed by atoms with Crippen LogP contribution in [0.3, 0.4) is 0 Å². The van der Waals surface area contributed by atoms with Crippen LogP contribution in [0, 0.1) is 6.92 Å². The second-order valence-corrected chi connectivity index (χ2v) is 6.33. The number of aromatic nitrogens is 3. The molecule has 7 heteroatoms. The van der Waals surface area contributed by atoms with Gasteiger partial charge >= 0.3 is 0 Å². The highest BCUT2D eigenvalue weighted by molar-refractivity contribution is 5.92. The predicted molar refractivity (Wildman–Crippen MR) is 93.8 cm³/mol. The molecule has 0 aromatic carbocycles. The number of aryl methyl sites for hydroxylation is 2. The first-order valence-electron chi connectivity index (χ1n) is 8.31. The van der Waals surface area contributed by atoms with Crippen molar-refractivity contribution in [2.45, 2.75) is 32.2 Å². The lowest BCUT2D eigenvalue weighted by Crippen LogP contribution is -2.33. The smallest absolute Gasteiger partial charge is 0.272 e. The number of amides is 1. The number of hydrogen-bond acceptors (Lipinski definition) is 5. The number of nitrogen functional groups attached to an aromatic ring is 1. The number of nitrogens with two attached hydrogens (primary N) is 1. The van der Waals surface area contributed by atoms with Crippen LogP contribution in [0.5, 0.6) is 0 Å². The van der Waals surface area contributed by atoms with Crippen LogP contribution in [0.4, 0.5) is 11.5 Å². The maximum Gasteiger partial charge on any atom is 0.272 e. The van der Waals surface area contributed by atoms with Gasteiger partial charge in [-0.05, 0) is 44.4 Å². The topological polar surface area (TPSA) is 89.1 Å². The normalized spacial score (nSPS) is 18.2. The minimum absolute atomic E-state index is 0.0629. The number of anilines is 2. The van der Waals surface area contributed by atoms with E-state index < -0.39 is 0 Å². The zero-order valence-corrected chi connectivity index (χ0v) is 14.2. The van der Waals surface area contributed by atoms with Gasteiger partial charge in [0.15, 0.2) is 0 Å². The van der Waals surface area contributed by atoms with Crippen molar-refractivity contribution < 1.29 is 4.79 Å². The predicted octanol–water partition coefficient (Wildman–Crippen LogP) is 1.81. The van der Waals surface area contributed by atoms with E-state index in [1.165, 1.54) is 0 Å². The molecule has 2 aromatic heterocycles. The highest BCUT2D eigenvalue weighted by Gasteiger charge is 2.23. The molecule has 0 saturated carbocycles. The first-order chi connectivity index (χ1) is 11.5. The lowest BCUT2D eigenvalue weighted by atomic mass is 10.1. The van der Waals surface area contributed by atoms with Gasteiger partial charge in [0, 0.05) is 26.2 Å². The summed E-state index contributed by atoms with van der Waals surface area (Å²) < 4.78 is 1.67. The number of likely N-dealkylation sites (tertiary alicyclic amines) is 1. The minimum atomic E-state index is 0.0629. The van der Waals surface area contributed by atoms with Crippen LogP contribution in [-0.4, -0.2) is 44.7 Å². The molecule has 24 heavy (non-hydrogen) atoms. The quantitative estimate of drug-likeness (QED) is 0.897.